The first-order chi connectivity index (χ1) is 13.2. The number of hydrogen-bond acceptors (Lipinski definition) is 3. The van der Waals surface area contributed by atoms with Gasteiger partial charge in [-0.1, -0.05) is 19.8 Å². The maximum Gasteiger partial charge on any atom is 0.371 e. The summed E-state index contributed by atoms with van der Waals surface area (Å²) in [4.78, 5) is 11.4. The van der Waals surface area contributed by atoms with Crippen LogP contribution in [0.4, 0.5) is 0 Å². The second-order valence-corrected chi connectivity index (χ2v) is 10.4. The first kappa shape index (κ1) is 18.3. The van der Waals surface area contributed by atoms with Crippen molar-refractivity contribution in [3.05, 3.63) is 23.2 Å². The molecule has 0 aromatic carbocycles. The number of carbonyl (C=O) groups is 1. The predicted octanol–water partition coefficient (Wildman–Crippen LogP) is 4.30. The van der Waals surface area contributed by atoms with Crippen LogP contribution in [0.5, 0.6) is 0 Å². The Labute approximate surface area is 166 Å². The Morgan fingerprint density at radius 3 is 2.68 bits per heavy atom. The number of hydrogen-bond donors (Lipinski definition) is 2. The van der Waals surface area contributed by atoms with E-state index in [1.54, 1.807) is 6.07 Å². The molecule has 1 heterocycles. The van der Waals surface area contributed by atoms with Crippen LogP contribution in [0.1, 0.15) is 74.3 Å². The van der Waals surface area contributed by atoms with Gasteiger partial charge in [0, 0.05) is 11.8 Å². The molecule has 4 nitrogen and oxygen atoms in total. The zero-order chi connectivity index (χ0) is 19.9. The molecule has 4 aliphatic rings. The first-order valence-corrected chi connectivity index (χ1v) is 10.8. The van der Waals surface area contributed by atoms with E-state index in [2.05, 4.69) is 19.8 Å². The summed E-state index contributed by atoms with van der Waals surface area (Å²) in [5.41, 5.74) is 0.143. The fourth-order valence-corrected chi connectivity index (χ4v) is 7.93. The molecule has 0 aliphatic heterocycles. The fraction of sp³-hybridized carbons (Fsp3) is 0.708. The topological polar surface area (TPSA) is 70.7 Å². The van der Waals surface area contributed by atoms with Gasteiger partial charge in [-0.15, -0.1) is 6.42 Å². The van der Waals surface area contributed by atoms with Crippen molar-refractivity contribution in [1.82, 2.24) is 0 Å². The molecule has 1 aromatic heterocycles. The second-order valence-electron chi connectivity index (χ2n) is 10.4. The van der Waals surface area contributed by atoms with Crippen molar-refractivity contribution in [3.63, 3.8) is 0 Å². The van der Waals surface area contributed by atoms with Crippen LogP contribution in [0, 0.1) is 46.8 Å². The Morgan fingerprint density at radius 2 is 1.96 bits per heavy atom. The SMILES string of the molecule is C#C[C@]1(O)CCC2C3CC[C@H]4Cc5oc(C(=O)O)cc5C[C@]4(C)C3CC[C@@]21C. The van der Waals surface area contributed by atoms with Crippen molar-refractivity contribution in [1.29, 1.82) is 0 Å². The minimum absolute atomic E-state index is 0.0786. The molecule has 28 heavy (non-hydrogen) atoms. The molecule has 3 fully saturated rings. The van der Waals surface area contributed by atoms with E-state index in [-0.39, 0.29) is 16.6 Å². The van der Waals surface area contributed by atoms with Gasteiger partial charge in [0.1, 0.15) is 11.4 Å². The smallest absolute Gasteiger partial charge is 0.371 e. The zero-order valence-electron chi connectivity index (χ0n) is 16.8. The standard InChI is InChI=1S/C24H30O4/c1-4-24(27)10-8-18-16-6-5-15-12-19-14(11-20(28-19)21(25)26)13-22(15,2)17(16)7-9-23(18,24)3/h1,11,15-18,27H,5-10,12-13H2,2-3H3,(H,25,26)/t15-,16?,17?,18?,22-,23-,24-/m0/s1. The van der Waals surface area contributed by atoms with Crippen molar-refractivity contribution in [3.8, 4) is 12.3 Å². The zero-order valence-corrected chi connectivity index (χ0v) is 16.8. The largest absolute Gasteiger partial charge is 0.475 e. The number of fused-ring (bicyclic) bond motifs is 6. The Morgan fingerprint density at radius 1 is 1.21 bits per heavy atom. The summed E-state index contributed by atoms with van der Waals surface area (Å²) in [6, 6.07) is 1.75. The van der Waals surface area contributed by atoms with Crippen LogP contribution < -0.4 is 0 Å². The monoisotopic (exact) mass is 382 g/mol. The van der Waals surface area contributed by atoms with E-state index >= 15 is 0 Å². The number of aliphatic hydroxyl groups is 1. The second kappa shape index (κ2) is 5.66. The molecule has 3 unspecified atom stereocenters. The molecule has 7 atom stereocenters. The maximum atomic E-state index is 11.4. The lowest BCUT2D eigenvalue weighted by Crippen LogP contribution is -2.56. The number of carboxylic acids is 1. The molecule has 0 spiro atoms. The van der Waals surface area contributed by atoms with E-state index in [9.17, 15) is 15.0 Å². The van der Waals surface area contributed by atoms with Crippen LogP contribution in [0.2, 0.25) is 0 Å². The van der Waals surface area contributed by atoms with Crippen LogP contribution in [-0.4, -0.2) is 21.8 Å². The normalized spacial score (nSPS) is 46.6. The summed E-state index contributed by atoms with van der Waals surface area (Å²) in [5.74, 6) is 5.00. The summed E-state index contributed by atoms with van der Waals surface area (Å²) in [6.45, 7) is 4.65. The maximum absolute atomic E-state index is 11.4. The molecule has 4 heteroatoms. The summed E-state index contributed by atoms with van der Waals surface area (Å²) in [7, 11) is 0. The van der Waals surface area contributed by atoms with Gasteiger partial charge >= 0.3 is 5.97 Å². The lowest BCUT2D eigenvalue weighted by molar-refractivity contribution is -0.128. The summed E-state index contributed by atoms with van der Waals surface area (Å²) in [6.07, 6.45) is 13.7. The van der Waals surface area contributed by atoms with E-state index in [0.717, 1.165) is 56.3 Å². The van der Waals surface area contributed by atoms with Crippen molar-refractivity contribution in [2.24, 2.45) is 34.5 Å². The van der Waals surface area contributed by atoms with Crippen molar-refractivity contribution < 1.29 is 19.4 Å². The van der Waals surface area contributed by atoms with Crippen molar-refractivity contribution in [2.45, 2.75) is 70.8 Å². The van der Waals surface area contributed by atoms with Gasteiger partial charge in [0.2, 0.25) is 5.76 Å². The lowest BCUT2D eigenvalue weighted by Gasteiger charge is -2.60. The van der Waals surface area contributed by atoms with Gasteiger partial charge < -0.3 is 14.6 Å². The van der Waals surface area contributed by atoms with Crippen LogP contribution in [0.15, 0.2) is 10.5 Å². The van der Waals surface area contributed by atoms with E-state index in [4.69, 9.17) is 10.8 Å². The van der Waals surface area contributed by atoms with Gasteiger partial charge in [0.25, 0.3) is 0 Å². The number of aromatic carboxylic acids is 1. The molecule has 4 aliphatic carbocycles. The molecular formula is C24H30O4. The quantitative estimate of drug-likeness (QED) is 0.711. The molecule has 5 rings (SSSR count). The van der Waals surface area contributed by atoms with Crippen LogP contribution in [-0.2, 0) is 12.8 Å². The molecule has 0 amide bonds. The van der Waals surface area contributed by atoms with E-state index in [1.807, 2.05) is 0 Å². The average molecular weight is 383 g/mol. The lowest BCUT2D eigenvalue weighted by atomic mass is 9.44. The summed E-state index contributed by atoms with van der Waals surface area (Å²) < 4.78 is 5.67. The van der Waals surface area contributed by atoms with Gasteiger partial charge in [-0.25, -0.2) is 4.79 Å². The van der Waals surface area contributed by atoms with Gasteiger partial charge in [-0.3, -0.25) is 0 Å². The Kier molecular flexibility index (Phi) is 3.70. The van der Waals surface area contributed by atoms with Crippen LogP contribution in [0.25, 0.3) is 0 Å². The number of carboxylic acid groups (broad SMARTS) is 1. The number of rotatable bonds is 1. The summed E-state index contributed by atoms with van der Waals surface area (Å²) >= 11 is 0. The molecular weight excluding hydrogens is 352 g/mol. The fourth-order valence-electron chi connectivity index (χ4n) is 7.93. The van der Waals surface area contributed by atoms with Gasteiger partial charge in [-0.2, -0.15) is 0 Å². The van der Waals surface area contributed by atoms with E-state index < -0.39 is 11.6 Å². The highest BCUT2D eigenvalue weighted by molar-refractivity contribution is 5.84. The molecule has 3 saturated carbocycles. The summed E-state index contributed by atoms with van der Waals surface area (Å²) in [5, 5.41) is 20.4. The van der Waals surface area contributed by atoms with Crippen molar-refractivity contribution in [2.75, 3.05) is 0 Å². The predicted molar refractivity (Wildman–Crippen MR) is 105 cm³/mol. The highest BCUT2D eigenvalue weighted by atomic mass is 16.4. The Balaban J connectivity index is 1.48. The average Bonchev–Trinajstić information content (AvgIpc) is 3.18. The molecule has 0 bridgehead atoms. The molecule has 1 aromatic rings. The molecule has 0 radical (unpaired) electrons. The third-order valence-corrected chi connectivity index (χ3v) is 9.57. The van der Waals surface area contributed by atoms with Gasteiger partial charge in [0.15, 0.2) is 0 Å². The minimum Gasteiger partial charge on any atom is -0.475 e. The number of furan rings is 1. The minimum atomic E-state index is -0.978. The highest BCUT2D eigenvalue weighted by Crippen LogP contribution is 2.67. The van der Waals surface area contributed by atoms with Crippen molar-refractivity contribution >= 4 is 5.97 Å². The third-order valence-electron chi connectivity index (χ3n) is 9.57. The third kappa shape index (κ3) is 2.15. The van der Waals surface area contributed by atoms with E-state index in [1.165, 1.54) is 6.42 Å². The highest BCUT2D eigenvalue weighted by Gasteiger charge is 2.64. The first-order valence-electron chi connectivity index (χ1n) is 10.8. The Hall–Kier alpha value is -1.73. The molecule has 2 N–H and O–H groups in total. The van der Waals surface area contributed by atoms with Gasteiger partial charge in [-0.05, 0) is 85.7 Å². The molecule has 0 saturated heterocycles. The van der Waals surface area contributed by atoms with Crippen LogP contribution in [0.3, 0.4) is 0 Å². The Bertz CT molecular complexity index is 878. The van der Waals surface area contributed by atoms with Gasteiger partial charge in [0.05, 0.1) is 0 Å². The molecule has 150 valence electrons. The van der Waals surface area contributed by atoms with Crippen LogP contribution >= 0.6 is 0 Å². The number of terminal acetylenes is 1. The van der Waals surface area contributed by atoms with E-state index in [0.29, 0.717) is 23.7 Å².